The van der Waals surface area contributed by atoms with Crippen LogP contribution in [0.25, 0.3) is 10.2 Å². The Balaban J connectivity index is 1.90. The first-order valence-corrected chi connectivity index (χ1v) is 11.0. The van der Waals surface area contributed by atoms with Crippen molar-refractivity contribution in [2.24, 2.45) is 0 Å². The van der Waals surface area contributed by atoms with Crippen LogP contribution in [0.3, 0.4) is 0 Å². The summed E-state index contributed by atoms with van der Waals surface area (Å²) < 4.78 is 0. The molecule has 23 heavy (non-hydrogen) atoms. The number of piperidine rings is 1. The van der Waals surface area contributed by atoms with Crippen molar-refractivity contribution in [1.82, 2.24) is 9.97 Å². The van der Waals surface area contributed by atoms with Crippen LogP contribution in [-0.2, 0) is 12.8 Å². The van der Waals surface area contributed by atoms with Crippen LogP contribution in [0.1, 0.15) is 55.9 Å². The third-order valence-electron chi connectivity index (χ3n) is 5.33. The van der Waals surface area contributed by atoms with E-state index in [1.54, 1.807) is 22.2 Å². The smallest absolute Gasteiger partial charge is 0.190 e. The molecule has 1 aliphatic heterocycles. The highest BCUT2D eigenvalue weighted by Gasteiger charge is 2.28. The topological polar surface area (TPSA) is 29.0 Å². The lowest BCUT2D eigenvalue weighted by Crippen LogP contribution is -2.40. The molecule has 4 rings (SSSR count). The first-order valence-electron chi connectivity index (χ1n) is 8.94. The molecule has 0 spiro atoms. The van der Waals surface area contributed by atoms with Gasteiger partial charge in [-0.05, 0) is 63.2 Å². The molecule has 0 aromatic carbocycles. The quantitative estimate of drug-likeness (QED) is 0.573. The van der Waals surface area contributed by atoms with Crippen molar-refractivity contribution in [2.45, 2.75) is 69.5 Å². The van der Waals surface area contributed by atoms with Crippen molar-refractivity contribution in [3.05, 3.63) is 10.4 Å². The van der Waals surface area contributed by atoms with Crippen molar-refractivity contribution in [3.8, 4) is 0 Å². The fourth-order valence-electron chi connectivity index (χ4n) is 4.12. The summed E-state index contributed by atoms with van der Waals surface area (Å²) in [6.45, 7) is 3.48. The van der Waals surface area contributed by atoms with E-state index in [1.807, 2.05) is 11.3 Å². The van der Waals surface area contributed by atoms with Gasteiger partial charge in [0.15, 0.2) is 5.16 Å². The molecule has 1 fully saturated rings. The van der Waals surface area contributed by atoms with Crippen LogP contribution >= 0.6 is 23.1 Å². The summed E-state index contributed by atoms with van der Waals surface area (Å²) >= 11 is 3.60. The largest absolute Gasteiger partial charge is 0.353 e. The van der Waals surface area contributed by atoms with Gasteiger partial charge in [0.25, 0.3) is 0 Å². The third-order valence-corrected chi connectivity index (χ3v) is 7.06. The highest BCUT2D eigenvalue weighted by atomic mass is 32.2. The molecular weight excluding hydrogens is 322 g/mol. The average molecular weight is 348 g/mol. The Bertz CT molecular complexity index is 710. The second-order valence-corrected chi connectivity index (χ2v) is 8.53. The number of anilines is 1. The molecular formula is C18H25N3S2. The summed E-state index contributed by atoms with van der Waals surface area (Å²) in [5.74, 6) is 1.24. The minimum atomic E-state index is 0.649. The van der Waals surface area contributed by atoms with Gasteiger partial charge >= 0.3 is 0 Å². The van der Waals surface area contributed by atoms with Crippen LogP contribution in [-0.4, -0.2) is 28.8 Å². The van der Waals surface area contributed by atoms with E-state index in [1.165, 1.54) is 67.4 Å². The van der Waals surface area contributed by atoms with Crippen LogP contribution in [0.2, 0.25) is 0 Å². The molecule has 1 saturated heterocycles. The van der Waals surface area contributed by atoms with Gasteiger partial charge in [-0.1, -0.05) is 18.7 Å². The van der Waals surface area contributed by atoms with E-state index < -0.39 is 0 Å². The normalized spacial score (nSPS) is 21.7. The molecule has 124 valence electrons. The molecule has 3 heterocycles. The third kappa shape index (κ3) is 2.76. The van der Waals surface area contributed by atoms with Gasteiger partial charge in [-0.2, -0.15) is 0 Å². The first kappa shape index (κ1) is 15.7. The monoisotopic (exact) mass is 347 g/mol. The van der Waals surface area contributed by atoms with Crippen LogP contribution in [0.15, 0.2) is 5.16 Å². The van der Waals surface area contributed by atoms with Gasteiger partial charge in [-0.3, -0.25) is 0 Å². The number of aromatic nitrogens is 2. The van der Waals surface area contributed by atoms with Crippen molar-refractivity contribution in [3.63, 3.8) is 0 Å². The summed E-state index contributed by atoms with van der Waals surface area (Å²) in [6, 6.07) is 0.649. The Labute approximate surface area is 146 Å². The summed E-state index contributed by atoms with van der Waals surface area (Å²) in [6.07, 6.45) is 12.4. The maximum atomic E-state index is 5.01. The lowest BCUT2D eigenvalue weighted by atomic mass is 9.95. The maximum absolute atomic E-state index is 5.01. The molecule has 5 heteroatoms. The zero-order chi connectivity index (χ0) is 15.8. The Hall–Kier alpha value is -0.810. The molecule has 1 aliphatic carbocycles. The number of thiophene rings is 1. The van der Waals surface area contributed by atoms with Crippen molar-refractivity contribution in [2.75, 3.05) is 17.7 Å². The minimum Gasteiger partial charge on any atom is -0.353 e. The second-order valence-electron chi connectivity index (χ2n) is 6.68. The van der Waals surface area contributed by atoms with E-state index in [0.29, 0.717) is 6.04 Å². The number of thioether (sulfide) groups is 1. The van der Waals surface area contributed by atoms with E-state index >= 15 is 0 Å². The lowest BCUT2D eigenvalue weighted by Gasteiger charge is -2.37. The van der Waals surface area contributed by atoms with Crippen LogP contribution in [0, 0.1) is 0 Å². The number of nitrogens with zero attached hydrogens (tertiary/aromatic N) is 3. The van der Waals surface area contributed by atoms with Gasteiger partial charge in [-0.25, -0.2) is 9.97 Å². The number of rotatable bonds is 3. The predicted molar refractivity (Wildman–Crippen MR) is 101 cm³/mol. The molecule has 2 aromatic rings. The fraction of sp³-hybridized carbons (Fsp3) is 0.667. The van der Waals surface area contributed by atoms with Crippen LogP contribution in [0.5, 0.6) is 0 Å². The van der Waals surface area contributed by atoms with E-state index in [-0.39, 0.29) is 0 Å². The van der Waals surface area contributed by atoms with Crippen molar-refractivity contribution >= 4 is 39.1 Å². The Morgan fingerprint density at radius 3 is 2.87 bits per heavy atom. The fourth-order valence-corrected chi connectivity index (χ4v) is 5.80. The second kappa shape index (κ2) is 6.60. The standard InChI is InChI=1S/C18H25N3S2/c1-3-12-8-6-7-11-21(12)16-15-13-9-4-5-10-14(13)23-17(15)20-18(19-16)22-2/h12H,3-11H2,1-2H3. The van der Waals surface area contributed by atoms with Crippen LogP contribution in [0.4, 0.5) is 5.82 Å². The highest BCUT2D eigenvalue weighted by Crippen LogP contribution is 2.42. The average Bonchev–Trinajstić information content (AvgIpc) is 2.99. The zero-order valence-electron chi connectivity index (χ0n) is 14.1. The van der Waals surface area contributed by atoms with Gasteiger partial charge in [0.2, 0.25) is 0 Å². The Kier molecular flexibility index (Phi) is 4.50. The number of fused-ring (bicyclic) bond motifs is 3. The number of aryl methyl sites for hydroxylation is 2. The van der Waals surface area contributed by atoms with E-state index in [0.717, 1.165) is 11.7 Å². The molecule has 0 radical (unpaired) electrons. The Morgan fingerprint density at radius 2 is 2.04 bits per heavy atom. The molecule has 0 bridgehead atoms. The van der Waals surface area contributed by atoms with Gasteiger partial charge < -0.3 is 4.90 Å². The van der Waals surface area contributed by atoms with E-state index in [2.05, 4.69) is 18.1 Å². The van der Waals surface area contributed by atoms with Crippen molar-refractivity contribution in [1.29, 1.82) is 0 Å². The molecule has 3 nitrogen and oxygen atoms in total. The zero-order valence-corrected chi connectivity index (χ0v) is 15.7. The van der Waals surface area contributed by atoms with Crippen molar-refractivity contribution < 1.29 is 0 Å². The molecule has 2 aromatic heterocycles. The van der Waals surface area contributed by atoms with Gasteiger partial charge in [0, 0.05) is 17.5 Å². The Morgan fingerprint density at radius 1 is 1.17 bits per heavy atom. The summed E-state index contributed by atoms with van der Waals surface area (Å²) in [5.41, 5.74) is 1.57. The van der Waals surface area contributed by atoms with E-state index in [9.17, 15) is 0 Å². The molecule has 1 unspecified atom stereocenters. The summed E-state index contributed by atoms with van der Waals surface area (Å²) in [4.78, 5) is 15.3. The van der Waals surface area contributed by atoms with Gasteiger partial charge in [0.05, 0.1) is 5.39 Å². The SMILES string of the molecule is CCC1CCCCN1c1nc(SC)nc2sc3c(c12)CCCC3. The van der Waals surface area contributed by atoms with Crippen LogP contribution < -0.4 is 4.90 Å². The summed E-state index contributed by atoms with van der Waals surface area (Å²) in [7, 11) is 0. The number of hydrogen-bond donors (Lipinski definition) is 0. The first-order chi connectivity index (χ1) is 11.3. The molecule has 1 atom stereocenters. The minimum absolute atomic E-state index is 0.649. The molecule has 2 aliphatic rings. The van der Waals surface area contributed by atoms with Gasteiger partial charge in [-0.15, -0.1) is 11.3 Å². The predicted octanol–water partition coefficient (Wildman–Crippen LogP) is 5.06. The highest BCUT2D eigenvalue weighted by molar-refractivity contribution is 7.98. The lowest BCUT2D eigenvalue weighted by molar-refractivity contribution is 0.447. The molecule has 0 N–H and O–H groups in total. The molecule has 0 saturated carbocycles. The van der Waals surface area contributed by atoms with Gasteiger partial charge in [0.1, 0.15) is 10.6 Å². The number of hydrogen-bond acceptors (Lipinski definition) is 5. The van der Waals surface area contributed by atoms with E-state index in [4.69, 9.17) is 9.97 Å². The summed E-state index contributed by atoms with van der Waals surface area (Å²) in [5, 5.41) is 2.33. The maximum Gasteiger partial charge on any atom is 0.190 e. The molecule has 0 amide bonds.